The number of piperidine rings is 1. The molecule has 24 heavy (non-hydrogen) atoms. The molecule has 5 heteroatoms. The predicted molar refractivity (Wildman–Crippen MR) is 92.5 cm³/mol. The Kier molecular flexibility index (Phi) is 4.37. The van der Waals surface area contributed by atoms with Gasteiger partial charge >= 0.3 is 0 Å². The third kappa shape index (κ3) is 3.23. The molecule has 0 N–H and O–H groups in total. The Balaban J connectivity index is 1.38. The van der Waals surface area contributed by atoms with Crippen molar-refractivity contribution in [3.05, 3.63) is 47.3 Å². The molecule has 0 spiro atoms. The molecule has 1 aromatic heterocycles. The van der Waals surface area contributed by atoms with E-state index in [1.807, 2.05) is 6.20 Å². The summed E-state index contributed by atoms with van der Waals surface area (Å²) in [6, 6.07) is 9.46. The first kappa shape index (κ1) is 15.8. The fourth-order valence-corrected chi connectivity index (χ4v) is 3.91. The van der Waals surface area contributed by atoms with Crippen molar-refractivity contribution in [3.8, 4) is 0 Å². The van der Waals surface area contributed by atoms with Crippen molar-refractivity contribution in [1.82, 2.24) is 19.9 Å². The molecule has 4 rings (SSSR count). The molecular formula is C19H26N4O. The second kappa shape index (κ2) is 6.65. The van der Waals surface area contributed by atoms with Crippen LogP contribution >= 0.6 is 0 Å². The van der Waals surface area contributed by atoms with Crippen LogP contribution in [0.2, 0.25) is 0 Å². The van der Waals surface area contributed by atoms with E-state index >= 15 is 0 Å². The number of hydrogen-bond donors (Lipinski definition) is 0. The van der Waals surface area contributed by atoms with E-state index in [0.29, 0.717) is 18.6 Å². The van der Waals surface area contributed by atoms with Crippen molar-refractivity contribution < 1.29 is 4.74 Å². The van der Waals surface area contributed by atoms with Gasteiger partial charge in [0.15, 0.2) is 0 Å². The highest BCUT2D eigenvalue weighted by molar-refractivity contribution is 5.23. The zero-order valence-electron chi connectivity index (χ0n) is 14.6. The third-order valence-corrected chi connectivity index (χ3v) is 5.09. The van der Waals surface area contributed by atoms with E-state index in [0.717, 1.165) is 38.2 Å². The average Bonchev–Trinajstić information content (AvgIpc) is 3.05. The Morgan fingerprint density at radius 3 is 2.79 bits per heavy atom. The van der Waals surface area contributed by atoms with Crippen LogP contribution in [0.5, 0.6) is 0 Å². The molecule has 0 saturated carbocycles. The topological polar surface area (TPSA) is 43.2 Å². The number of rotatable bonds is 4. The van der Waals surface area contributed by atoms with Crippen LogP contribution in [-0.4, -0.2) is 39.1 Å². The van der Waals surface area contributed by atoms with Gasteiger partial charge in [0.05, 0.1) is 30.6 Å². The number of fused-ring (bicyclic) bond motifs is 3. The van der Waals surface area contributed by atoms with E-state index in [9.17, 15) is 0 Å². The molecule has 0 bridgehead atoms. The first-order chi connectivity index (χ1) is 11.7. The molecule has 1 fully saturated rings. The van der Waals surface area contributed by atoms with Gasteiger partial charge in [-0.2, -0.15) is 0 Å². The minimum Gasteiger partial charge on any atom is -0.368 e. The average molecular weight is 326 g/mol. The van der Waals surface area contributed by atoms with Crippen molar-refractivity contribution in [2.45, 2.75) is 52.0 Å². The van der Waals surface area contributed by atoms with Crippen LogP contribution in [0, 0.1) is 5.92 Å². The molecular weight excluding hydrogens is 300 g/mol. The fraction of sp³-hybridized carbons (Fsp3) is 0.579. The van der Waals surface area contributed by atoms with Crippen molar-refractivity contribution in [1.29, 1.82) is 0 Å². The lowest BCUT2D eigenvalue weighted by Crippen LogP contribution is -2.48. The lowest BCUT2D eigenvalue weighted by atomic mass is 9.99. The number of nitrogens with zero attached hydrogens (tertiary/aromatic N) is 4. The Bertz CT molecular complexity index is 679. The Labute approximate surface area is 143 Å². The van der Waals surface area contributed by atoms with Crippen LogP contribution in [0.4, 0.5) is 0 Å². The lowest BCUT2D eigenvalue weighted by Gasteiger charge is -2.41. The standard InChI is InChI=1S/C19H26N4O/c1-14(2)9-15-3-5-16(6-4-15)11-22-8-7-18-19(12-22)24-13-17-10-20-21-23(17)18/h3-6,10,14,18-19H,7-9,11-13H2,1-2H3/t18-,19-/m0/s1. The minimum atomic E-state index is 0.230. The zero-order valence-corrected chi connectivity index (χ0v) is 14.6. The first-order valence-electron chi connectivity index (χ1n) is 9.00. The highest BCUT2D eigenvalue weighted by Gasteiger charge is 2.36. The summed E-state index contributed by atoms with van der Waals surface area (Å²) in [5.41, 5.74) is 3.92. The summed E-state index contributed by atoms with van der Waals surface area (Å²) in [5, 5.41) is 8.28. The van der Waals surface area contributed by atoms with Crippen molar-refractivity contribution >= 4 is 0 Å². The van der Waals surface area contributed by atoms with Gasteiger partial charge in [0.25, 0.3) is 0 Å². The number of hydrogen-bond acceptors (Lipinski definition) is 4. The quantitative estimate of drug-likeness (QED) is 0.866. The maximum Gasteiger partial charge on any atom is 0.0932 e. The molecule has 2 atom stereocenters. The van der Waals surface area contributed by atoms with Crippen LogP contribution in [0.1, 0.15) is 43.1 Å². The number of likely N-dealkylation sites (tertiary alicyclic amines) is 1. The molecule has 2 aliphatic rings. The van der Waals surface area contributed by atoms with Crippen LogP contribution in [-0.2, 0) is 24.3 Å². The summed E-state index contributed by atoms with van der Waals surface area (Å²) in [5.74, 6) is 0.708. The van der Waals surface area contributed by atoms with Gasteiger partial charge < -0.3 is 4.74 Å². The molecule has 128 valence electrons. The maximum absolute atomic E-state index is 6.05. The largest absolute Gasteiger partial charge is 0.368 e. The molecule has 2 aliphatic heterocycles. The van der Waals surface area contributed by atoms with Crippen LogP contribution in [0.15, 0.2) is 30.5 Å². The van der Waals surface area contributed by atoms with Crippen LogP contribution in [0.3, 0.4) is 0 Å². The first-order valence-corrected chi connectivity index (χ1v) is 9.00. The van der Waals surface area contributed by atoms with E-state index in [4.69, 9.17) is 4.74 Å². The monoisotopic (exact) mass is 326 g/mol. The van der Waals surface area contributed by atoms with Gasteiger partial charge in [-0.15, -0.1) is 5.10 Å². The summed E-state index contributed by atoms with van der Waals surface area (Å²) < 4.78 is 8.13. The van der Waals surface area contributed by atoms with Gasteiger partial charge in [0.2, 0.25) is 0 Å². The third-order valence-electron chi connectivity index (χ3n) is 5.09. The smallest absolute Gasteiger partial charge is 0.0932 e. The second-order valence-electron chi connectivity index (χ2n) is 7.52. The summed E-state index contributed by atoms with van der Waals surface area (Å²) in [6.07, 6.45) is 4.28. The van der Waals surface area contributed by atoms with Gasteiger partial charge in [-0.05, 0) is 29.9 Å². The highest BCUT2D eigenvalue weighted by Crippen LogP contribution is 2.31. The zero-order chi connectivity index (χ0) is 16.5. The summed E-state index contributed by atoms with van der Waals surface area (Å²) in [4.78, 5) is 2.50. The Morgan fingerprint density at radius 2 is 2.00 bits per heavy atom. The maximum atomic E-state index is 6.05. The van der Waals surface area contributed by atoms with Crippen molar-refractivity contribution in [2.75, 3.05) is 13.1 Å². The molecule has 0 amide bonds. The number of benzene rings is 1. The SMILES string of the molecule is CC(C)Cc1ccc(CN2CC[C@H]3[C@H](C2)OCc2cnnn23)cc1. The van der Waals surface area contributed by atoms with E-state index in [1.165, 1.54) is 11.1 Å². The van der Waals surface area contributed by atoms with E-state index in [1.54, 1.807) is 0 Å². The van der Waals surface area contributed by atoms with Gasteiger partial charge in [-0.3, -0.25) is 4.90 Å². The summed E-state index contributed by atoms with van der Waals surface area (Å²) in [7, 11) is 0. The van der Waals surface area contributed by atoms with E-state index in [-0.39, 0.29) is 6.10 Å². The Morgan fingerprint density at radius 1 is 1.21 bits per heavy atom. The number of aromatic nitrogens is 3. The molecule has 0 aliphatic carbocycles. The predicted octanol–water partition coefficient (Wildman–Crippen LogP) is 2.82. The molecule has 0 radical (unpaired) electrons. The van der Waals surface area contributed by atoms with Gasteiger partial charge in [-0.25, -0.2) is 4.68 Å². The molecule has 2 aromatic rings. The number of ether oxygens (including phenoxy) is 1. The molecule has 5 nitrogen and oxygen atoms in total. The van der Waals surface area contributed by atoms with Crippen molar-refractivity contribution in [2.24, 2.45) is 5.92 Å². The summed E-state index contributed by atoms with van der Waals surface area (Å²) in [6.45, 7) is 8.21. The lowest BCUT2D eigenvalue weighted by molar-refractivity contribution is -0.0704. The van der Waals surface area contributed by atoms with E-state index in [2.05, 4.69) is 58.0 Å². The highest BCUT2D eigenvalue weighted by atomic mass is 16.5. The van der Waals surface area contributed by atoms with Crippen LogP contribution < -0.4 is 0 Å². The van der Waals surface area contributed by atoms with Gasteiger partial charge in [0, 0.05) is 19.6 Å². The minimum absolute atomic E-state index is 0.230. The Hall–Kier alpha value is -1.72. The van der Waals surface area contributed by atoms with E-state index < -0.39 is 0 Å². The molecule has 1 saturated heterocycles. The summed E-state index contributed by atoms with van der Waals surface area (Å²) >= 11 is 0. The van der Waals surface area contributed by atoms with Crippen molar-refractivity contribution in [3.63, 3.8) is 0 Å². The molecule has 0 unspecified atom stereocenters. The fourth-order valence-electron chi connectivity index (χ4n) is 3.91. The second-order valence-corrected chi connectivity index (χ2v) is 7.52. The molecule has 1 aromatic carbocycles. The van der Waals surface area contributed by atoms with Gasteiger partial charge in [-0.1, -0.05) is 43.3 Å². The van der Waals surface area contributed by atoms with Gasteiger partial charge in [0.1, 0.15) is 0 Å². The normalized spacial score (nSPS) is 24.0. The molecule has 3 heterocycles. The van der Waals surface area contributed by atoms with Crippen LogP contribution in [0.25, 0.3) is 0 Å².